The molecule has 0 saturated carbocycles. The van der Waals surface area contributed by atoms with Crippen molar-refractivity contribution in [2.45, 2.75) is 6.61 Å². The molecule has 0 fully saturated rings. The van der Waals surface area contributed by atoms with Crippen molar-refractivity contribution in [1.82, 2.24) is 16.2 Å². The molecule has 3 aromatic carbocycles. The first kappa shape index (κ1) is 23.2. The maximum absolute atomic E-state index is 12.6. The number of hydrogen-bond acceptors (Lipinski definition) is 5. The maximum Gasteiger partial charge on any atom is 0.273 e. The Hall–Kier alpha value is -3.43. The van der Waals surface area contributed by atoms with Crippen LogP contribution in [0.15, 0.2) is 77.3 Å². The molecule has 0 aliphatic heterocycles. The summed E-state index contributed by atoms with van der Waals surface area (Å²) in [7, 11) is 1.53. The van der Waals surface area contributed by atoms with Gasteiger partial charge in [-0.2, -0.15) is 0 Å². The van der Waals surface area contributed by atoms with Gasteiger partial charge in [0, 0.05) is 5.56 Å². The molecule has 7 nitrogen and oxygen atoms in total. The fourth-order valence-electron chi connectivity index (χ4n) is 2.71. The van der Waals surface area contributed by atoms with Crippen LogP contribution in [0.5, 0.6) is 11.5 Å². The number of rotatable bonds is 6. The zero-order valence-electron chi connectivity index (χ0n) is 17.1. The number of nitrogens with one attached hydrogen (secondary N) is 3. The molecule has 0 bridgehead atoms. The fourth-order valence-corrected chi connectivity index (χ4v) is 3.39. The molecule has 3 rings (SSSR count). The van der Waals surface area contributed by atoms with Crippen molar-refractivity contribution in [2.75, 3.05) is 7.11 Å². The van der Waals surface area contributed by atoms with E-state index < -0.39 is 11.8 Å². The van der Waals surface area contributed by atoms with E-state index in [0.717, 1.165) is 5.56 Å². The van der Waals surface area contributed by atoms with E-state index in [1.165, 1.54) is 7.11 Å². The van der Waals surface area contributed by atoms with Crippen LogP contribution in [-0.2, 0) is 6.61 Å². The minimum atomic E-state index is -0.461. The zero-order chi connectivity index (χ0) is 22.9. The highest BCUT2D eigenvalue weighted by Gasteiger charge is 2.14. The van der Waals surface area contributed by atoms with Crippen molar-refractivity contribution in [3.8, 4) is 11.5 Å². The zero-order valence-corrected chi connectivity index (χ0v) is 19.5. The van der Waals surface area contributed by atoms with Gasteiger partial charge >= 0.3 is 0 Å². The van der Waals surface area contributed by atoms with Crippen molar-refractivity contribution in [1.29, 1.82) is 0 Å². The van der Waals surface area contributed by atoms with Gasteiger partial charge in [-0.1, -0.05) is 42.5 Å². The Morgan fingerprint density at radius 1 is 0.906 bits per heavy atom. The number of hydrogen-bond donors (Lipinski definition) is 3. The van der Waals surface area contributed by atoms with Crippen molar-refractivity contribution >= 4 is 45.1 Å². The lowest BCUT2D eigenvalue weighted by Gasteiger charge is -2.14. The average Bonchev–Trinajstić information content (AvgIpc) is 2.82. The van der Waals surface area contributed by atoms with Crippen LogP contribution >= 0.6 is 28.1 Å². The Balaban J connectivity index is 1.55. The smallest absolute Gasteiger partial charge is 0.273 e. The molecule has 0 heterocycles. The van der Waals surface area contributed by atoms with Gasteiger partial charge in [-0.15, -0.1) is 0 Å². The molecule has 0 spiro atoms. The molecule has 0 saturated heterocycles. The second kappa shape index (κ2) is 11.3. The van der Waals surface area contributed by atoms with Crippen LogP contribution in [0.1, 0.15) is 26.3 Å². The number of benzene rings is 3. The minimum absolute atomic E-state index is 0.0574. The summed E-state index contributed by atoms with van der Waals surface area (Å²) in [5.74, 6) is 0.125. The lowest BCUT2D eigenvalue weighted by Crippen LogP contribution is -2.48. The van der Waals surface area contributed by atoms with E-state index in [0.29, 0.717) is 33.7 Å². The molecule has 0 atom stereocenters. The predicted molar refractivity (Wildman–Crippen MR) is 129 cm³/mol. The van der Waals surface area contributed by atoms with Gasteiger partial charge in [-0.25, -0.2) is 0 Å². The van der Waals surface area contributed by atoms with E-state index in [2.05, 4.69) is 32.1 Å². The van der Waals surface area contributed by atoms with Crippen LogP contribution in [0.3, 0.4) is 0 Å². The van der Waals surface area contributed by atoms with E-state index >= 15 is 0 Å². The van der Waals surface area contributed by atoms with Gasteiger partial charge in [-0.3, -0.25) is 25.8 Å². The Bertz CT molecular complexity index is 1130. The van der Waals surface area contributed by atoms with E-state index in [9.17, 15) is 9.59 Å². The highest BCUT2D eigenvalue weighted by Crippen LogP contribution is 2.25. The van der Waals surface area contributed by atoms with Crippen molar-refractivity contribution < 1.29 is 19.1 Å². The number of carbonyl (C=O) groups excluding carboxylic acids is 2. The standard InChI is InChI=1S/C23H20BrN3O4S/c1-30-20-12-11-16(13-18(20)24)21(28)25-23(32)27-26-22(29)17-9-5-6-10-19(17)31-14-15-7-3-2-4-8-15/h2-13H,14H2,1H3,(H,26,29)(H2,25,27,28,32). The highest BCUT2D eigenvalue weighted by molar-refractivity contribution is 9.10. The van der Waals surface area contributed by atoms with Gasteiger partial charge in [0.2, 0.25) is 0 Å². The number of hydrazine groups is 1. The summed E-state index contributed by atoms with van der Waals surface area (Å²) in [6.07, 6.45) is 0. The Labute approximate surface area is 199 Å². The second-order valence-corrected chi connectivity index (χ2v) is 7.74. The van der Waals surface area contributed by atoms with Gasteiger partial charge in [0.15, 0.2) is 5.11 Å². The maximum atomic E-state index is 12.6. The SMILES string of the molecule is COc1ccc(C(=O)NC(=S)NNC(=O)c2ccccc2OCc2ccccc2)cc1Br. The normalized spacial score (nSPS) is 10.1. The fraction of sp³-hybridized carbons (Fsp3) is 0.0870. The Morgan fingerprint density at radius 3 is 2.34 bits per heavy atom. The summed E-state index contributed by atoms with van der Waals surface area (Å²) in [6, 6.07) is 21.3. The van der Waals surface area contributed by atoms with E-state index in [4.69, 9.17) is 21.7 Å². The third-order valence-corrected chi connectivity index (χ3v) is 5.12. The lowest BCUT2D eigenvalue weighted by atomic mass is 10.2. The number of halogens is 1. The molecular weight excluding hydrogens is 494 g/mol. The molecule has 3 aromatic rings. The van der Waals surface area contributed by atoms with E-state index in [1.54, 1.807) is 42.5 Å². The summed E-state index contributed by atoms with van der Waals surface area (Å²) in [5.41, 5.74) is 6.67. The van der Waals surface area contributed by atoms with Crippen LogP contribution in [0, 0.1) is 0 Å². The van der Waals surface area contributed by atoms with E-state index in [1.807, 2.05) is 30.3 Å². The van der Waals surface area contributed by atoms with Gasteiger partial charge in [0.1, 0.15) is 18.1 Å². The van der Waals surface area contributed by atoms with Crippen molar-refractivity contribution in [3.05, 3.63) is 94.0 Å². The van der Waals surface area contributed by atoms with Gasteiger partial charge in [-0.05, 0) is 64.0 Å². The first-order valence-electron chi connectivity index (χ1n) is 9.49. The molecule has 9 heteroatoms. The molecule has 2 amide bonds. The molecule has 0 aliphatic rings. The molecule has 0 radical (unpaired) electrons. The summed E-state index contributed by atoms with van der Waals surface area (Å²) in [4.78, 5) is 25.0. The molecule has 0 aromatic heterocycles. The highest BCUT2D eigenvalue weighted by atomic mass is 79.9. The third kappa shape index (κ3) is 6.29. The largest absolute Gasteiger partial charge is 0.496 e. The Kier molecular flexibility index (Phi) is 8.18. The van der Waals surface area contributed by atoms with Gasteiger partial charge in [0.25, 0.3) is 11.8 Å². The topological polar surface area (TPSA) is 88.7 Å². The van der Waals surface area contributed by atoms with Gasteiger partial charge in [0.05, 0.1) is 17.1 Å². The molecule has 32 heavy (non-hydrogen) atoms. The predicted octanol–water partition coefficient (Wildman–Crippen LogP) is 3.99. The van der Waals surface area contributed by atoms with Crippen LogP contribution < -0.4 is 25.6 Å². The minimum Gasteiger partial charge on any atom is -0.496 e. The van der Waals surface area contributed by atoms with Crippen LogP contribution in [0.4, 0.5) is 0 Å². The average molecular weight is 514 g/mol. The van der Waals surface area contributed by atoms with Crippen LogP contribution in [0.25, 0.3) is 0 Å². The van der Waals surface area contributed by atoms with E-state index in [-0.39, 0.29) is 5.11 Å². The summed E-state index contributed by atoms with van der Waals surface area (Å²) >= 11 is 8.43. The summed E-state index contributed by atoms with van der Waals surface area (Å²) in [6.45, 7) is 0.324. The summed E-state index contributed by atoms with van der Waals surface area (Å²) in [5, 5.41) is 2.45. The number of para-hydroxylation sites is 1. The van der Waals surface area contributed by atoms with Gasteiger partial charge < -0.3 is 9.47 Å². The Morgan fingerprint density at radius 2 is 1.62 bits per heavy atom. The third-order valence-electron chi connectivity index (χ3n) is 4.30. The van der Waals surface area contributed by atoms with Crippen LogP contribution in [0.2, 0.25) is 0 Å². The van der Waals surface area contributed by atoms with Crippen molar-refractivity contribution in [3.63, 3.8) is 0 Å². The summed E-state index contributed by atoms with van der Waals surface area (Å²) < 4.78 is 11.6. The quantitative estimate of drug-likeness (QED) is 0.341. The first-order valence-corrected chi connectivity index (χ1v) is 10.7. The molecule has 0 unspecified atom stereocenters. The monoisotopic (exact) mass is 513 g/mol. The lowest BCUT2D eigenvalue weighted by molar-refractivity contribution is 0.0930. The number of methoxy groups -OCH3 is 1. The number of thiocarbonyl (C=S) groups is 1. The number of amides is 2. The molecule has 164 valence electrons. The van der Waals surface area contributed by atoms with Crippen LogP contribution in [-0.4, -0.2) is 24.0 Å². The van der Waals surface area contributed by atoms with Crippen molar-refractivity contribution in [2.24, 2.45) is 0 Å². The molecule has 0 aliphatic carbocycles. The number of ether oxygens (including phenoxy) is 2. The molecular formula is C23H20BrN3O4S. The number of carbonyl (C=O) groups is 2. The first-order chi connectivity index (χ1) is 15.5. The molecule has 3 N–H and O–H groups in total. The second-order valence-electron chi connectivity index (χ2n) is 6.48.